The molecule has 1 aromatic carbocycles. The van der Waals surface area contributed by atoms with E-state index >= 15 is 0 Å². The van der Waals surface area contributed by atoms with Crippen LogP contribution in [0, 0.1) is 0 Å². The van der Waals surface area contributed by atoms with Gasteiger partial charge >= 0.3 is 0 Å². The summed E-state index contributed by atoms with van der Waals surface area (Å²) in [5, 5.41) is 2.99. The molecule has 0 radical (unpaired) electrons. The summed E-state index contributed by atoms with van der Waals surface area (Å²) in [6, 6.07) is 6.56. The first-order chi connectivity index (χ1) is 8.59. The molecule has 2 aliphatic heterocycles. The van der Waals surface area contributed by atoms with E-state index < -0.39 is 5.41 Å². The molecule has 1 N–H and O–H groups in total. The van der Waals surface area contributed by atoms with E-state index in [1.165, 1.54) is 29.7 Å². The Hall–Kier alpha value is -1.51. The molecular weight excluding hydrogens is 224 g/mol. The molecular formula is C15H20N2O. The topological polar surface area (TPSA) is 32.3 Å². The normalized spacial score (nSPS) is 21.7. The molecule has 0 aliphatic carbocycles. The summed E-state index contributed by atoms with van der Waals surface area (Å²) in [5.41, 5.74) is 3.34. The smallest absolute Gasteiger partial charge is 0.230 e. The van der Waals surface area contributed by atoms with Crippen molar-refractivity contribution in [2.75, 3.05) is 18.0 Å². The van der Waals surface area contributed by atoms with E-state index in [1.807, 2.05) is 13.8 Å². The number of carbonyl (C=O) groups excluding carboxylic acids is 1. The molecule has 3 heteroatoms. The van der Waals surface area contributed by atoms with Gasteiger partial charge in [0.15, 0.2) is 0 Å². The molecule has 0 aromatic heterocycles. The minimum Gasteiger partial charge on any atom is -0.372 e. The van der Waals surface area contributed by atoms with Gasteiger partial charge in [-0.2, -0.15) is 0 Å². The number of carbonyl (C=O) groups is 1. The van der Waals surface area contributed by atoms with E-state index in [9.17, 15) is 4.79 Å². The Balaban J connectivity index is 1.99. The van der Waals surface area contributed by atoms with E-state index in [0.29, 0.717) is 6.54 Å². The maximum atomic E-state index is 11.9. The predicted octanol–water partition coefficient (Wildman–Crippen LogP) is 2.19. The summed E-state index contributed by atoms with van der Waals surface area (Å²) in [6.07, 6.45) is 2.58. The Morgan fingerprint density at radius 3 is 2.67 bits per heavy atom. The van der Waals surface area contributed by atoms with Gasteiger partial charge in [-0.25, -0.2) is 0 Å². The molecule has 0 atom stereocenters. The van der Waals surface area contributed by atoms with Crippen molar-refractivity contribution >= 4 is 11.6 Å². The minimum absolute atomic E-state index is 0.129. The summed E-state index contributed by atoms with van der Waals surface area (Å²) in [6.45, 7) is 6.98. The third-order valence-corrected chi connectivity index (χ3v) is 4.24. The maximum Gasteiger partial charge on any atom is 0.230 e. The Morgan fingerprint density at radius 2 is 1.94 bits per heavy atom. The van der Waals surface area contributed by atoms with E-state index in [1.54, 1.807) is 0 Å². The van der Waals surface area contributed by atoms with Crippen LogP contribution < -0.4 is 10.2 Å². The van der Waals surface area contributed by atoms with Crippen LogP contribution >= 0.6 is 0 Å². The van der Waals surface area contributed by atoms with Crippen molar-refractivity contribution in [3.8, 4) is 0 Å². The van der Waals surface area contributed by atoms with E-state index in [4.69, 9.17) is 0 Å². The number of hydrogen-bond donors (Lipinski definition) is 1. The molecule has 0 saturated carbocycles. The second-order valence-corrected chi connectivity index (χ2v) is 5.84. The zero-order valence-corrected chi connectivity index (χ0v) is 11.1. The van der Waals surface area contributed by atoms with Gasteiger partial charge in [0.1, 0.15) is 0 Å². The lowest BCUT2D eigenvalue weighted by atomic mass is 9.78. The fraction of sp³-hybridized carbons (Fsp3) is 0.533. The molecule has 3 nitrogen and oxygen atoms in total. The van der Waals surface area contributed by atoms with Gasteiger partial charge in [-0.15, -0.1) is 0 Å². The number of nitrogens with zero attached hydrogens (tertiary/aromatic N) is 1. The molecule has 1 amide bonds. The number of anilines is 1. The number of nitrogens with one attached hydrogen (secondary N) is 1. The van der Waals surface area contributed by atoms with Gasteiger partial charge in [-0.05, 0) is 49.9 Å². The lowest BCUT2D eigenvalue weighted by Gasteiger charge is -2.32. The van der Waals surface area contributed by atoms with Crippen molar-refractivity contribution in [3.05, 3.63) is 29.3 Å². The fourth-order valence-electron chi connectivity index (χ4n) is 3.03. The number of rotatable bonds is 1. The Labute approximate surface area is 108 Å². The summed E-state index contributed by atoms with van der Waals surface area (Å²) in [4.78, 5) is 14.3. The standard InChI is InChI=1S/C15H20N2O/c1-15(2)13-6-5-12(17-7-3-4-8-17)9-11(13)10-16-14(15)18/h5-6,9H,3-4,7-8,10H2,1-2H3,(H,16,18). The molecule has 3 rings (SSSR count). The third-order valence-electron chi connectivity index (χ3n) is 4.24. The first kappa shape index (κ1) is 11.6. The molecule has 96 valence electrons. The fourth-order valence-corrected chi connectivity index (χ4v) is 3.03. The lowest BCUT2D eigenvalue weighted by molar-refractivity contribution is -0.126. The average molecular weight is 244 g/mol. The molecule has 0 unspecified atom stereocenters. The summed E-state index contributed by atoms with van der Waals surface area (Å²) < 4.78 is 0. The first-order valence-corrected chi connectivity index (χ1v) is 6.76. The zero-order valence-electron chi connectivity index (χ0n) is 11.1. The Bertz CT molecular complexity index is 487. The number of amides is 1. The van der Waals surface area contributed by atoms with Crippen LogP contribution in [0.15, 0.2) is 18.2 Å². The Kier molecular flexibility index (Phi) is 2.58. The molecule has 0 bridgehead atoms. The monoisotopic (exact) mass is 244 g/mol. The molecule has 1 saturated heterocycles. The van der Waals surface area contributed by atoms with Crippen molar-refractivity contribution in [1.82, 2.24) is 5.32 Å². The van der Waals surface area contributed by atoms with E-state index in [2.05, 4.69) is 28.4 Å². The maximum absolute atomic E-state index is 11.9. The number of fused-ring (bicyclic) bond motifs is 1. The van der Waals surface area contributed by atoms with Crippen LogP contribution in [-0.2, 0) is 16.8 Å². The highest BCUT2D eigenvalue weighted by atomic mass is 16.2. The Morgan fingerprint density at radius 1 is 1.22 bits per heavy atom. The minimum atomic E-state index is -0.406. The van der Waals surface area contributed by atoms with Gasteiger partial charge in [0.2, 0.25) is 5.91 Å². The molecule has 18 heavy (non-hydrogen) atoms. The molecule has 2 aliphatic rings. The van der Waals surface area contributed by atoms with Crippen LogP contribution in [0.2, 0.25) is 0 Å². The lowest BCUT2D eigenvalue weighted by Crippen LogP contribution is -2.44. The van der Waals surface area contributed by atoms with Crippen molar-refractivity contribution in [3.63, 3.8) is 0 Å². The van der Waals surface area contributed by atoms with Crippen molar-refractivity contribution < 1.29 is 4.79 Å². The first-order valence-electron chi connectivity index (χ1n) is 6.76. The predicted molar refractivity (Wildman–Crippen MR) is 72.8 cm³/mol. The molecule has 1 aromatic rings. The van der Waals surface area contributed by atoms with Crippen LogP contribution in [0.1, 0.15) is 37.8 Å². The average Bonchev–Trinajstić information content (AvgIpc) is 2.88. The van der Waals surface area contributed by atoms with Gasteiger partial charge in [0.25, 0.3) is 0 Å². The molecule has 1 fully saturated rings. The van der Waals surface area contributed by atoms with Crippen LogP contribution in [-0.4, -0.2) is 19.0 Å². The SMILES string of the molecule is CC1(C)C(=O)NCc2cc(N3CCCC3)ccc21. The van der Waals surface area contributed by atoms with Crippen LogP contribution in [0.3, 0.4) is 0 Å². The quantitative estimate of drug-likeness (QED) is 0.821. The van der Waals surface area contributed by atoms with Crippen LogP contribution in [0.5, 0.6) is 0 Å². The number of benzene rings is 1. The summed E-state index contributed by atoms with van der Waals surface area (Å²) in [5.74, 6) is 0.129. The third kappa shape index (κ3) is 1.69. The van der Waals surface area contributed by atoms with Gasteiger partial charge in [0.05, 0.1) is 5.41 Å². The van der Waals surface area contributed by atoms with Crippen molar-refractivity contribution in [2.45, 2.75) is 38.6 Å². The van der Waals surface area contributed by atoms with Gasteiger partial charge in [0, 0.05) is 25.3 Å². The van der Waals surface area contributed by atoms with Gasteiger partial charge in [-0.3, -0.25) is 4.79 Å². The van der Waals surface area contributed by atoms with Crippen LogP contribution in [0.25, 0.3) is 0 Å². The van der Waals surface area contributed by atoms with Crippen molar-refractivity contribution in [1.29, 1.82) is 0 Å². The zero-order chi connectivity index (χ0) is 12.8. The second-order valence-electron chi connectivity index (χ2n) is 5.84. The second kappa shape index (κ2) is 4.01. The largest absolute Gasteiger partial charge is 0.372 e. The van der Waals surface area contributed by atoms with Crippen molar-refractivity contribution in [2.24, 2.45) is 0 Å². The molecule has 0 spiro atoms. The van der Waals surface area contributed by atoms with Gasteiger partial charge in [-0.1, -0.05) is 6.07 Å². The van der Waals surface area contributed by atoms with E-state index in [0.717, 1.165) is 13.1 Å². The van der Waals surface area contributed by atoms with Crippen LogP contribution in [0.4, 0.5) is 5.69 Å². The van der Waals surface area contributed by atoms with E-state index in [-0.39, 0.29) is 5.91 Å². The highest BCUT2D eigenvalue weighted by molar-refractivity contribution is 5.89. The molecule has 2 heterocycles. The highest BCUT2D eigenvalue weighted by Crippen LogP contribution is 2.33. The van der Waals surface area contributed by atoms with Gasteiger partial charge < -0.3 is 10.2 Å². The highest BCUT2D eigenvalue weighted by Gasteiger charge is 2.35. The number of hydrogen-bond acceptors (Lipinski definition) is 2. The summed E-state index contributed by atoms with van der Waals surface area (Å²) in [7, 11) is 0. The summed E-state index contributed by atoms with van der Waals surface area (Å²) >= 11 is 0.